The first-order valence-electron chi connectivity index (χ1n) is 4.65. The van der Waals surface area contributed by atoms with Crippen LogP contribution in [-0.4, -0.2) is 23.9 Å². The number of nitrogens with two attached hydrogens (primary N) is 1. The van der Waals surface area contributed by atoms with E-state index in [-0.39, 0.29) is 6.10 Å². The van der Waals surface area contributed by atoms with Crippen LogP contribution in [-0.2, 0) is 9.47 Å². The van der Waals surface area contributed by atoms with Crippen LogP contribution in [0.3, 0.4) is 0 Å². The van der Waals surface area contributed by atoms with E-state index in [9.17, 15) is 0 Å². The maximum absolute atomic E-state index is 5.70. The predicted octanol–water partition coefficient (Wildman–Crippen LogP) is 0.844. The van der Waals surface area contributed by atoms with Gasteiger partial charge in [-0.05, 0) is 13.0 Å². The van der Waals surface area contributed by atoms with Crippen molar-refractivity contribution in [1.82, 2.24) is 4.98 Å². The molecule has 0 amide bonds. The van der Waals surface area contributed by atoms with E-state index in [0.717, 1.165) is 5.56 Å². The van der Waals surface area contributed by atoms with E-state index < -0.39 is 5.79 Å². The van der Waals surface area contributed by atoms with Crippen LogP contribution in [0.5, 0.6) is 0 Å². The Balaban J connectivity index is 2.10. The van der Waals surface area contributed by atoms with Crippen LogP contribution in [0.4, 0.5) is 0 Å². The van der Waals surface area contributed by atoms with Gasteiger partial charge in [0.15, 0.2) is 5.79 Å². The number of pyridine rings is 1. The molecule has 0 saturated carbocycles. The van der Waals surface area contributed by atoms with E-state index >= 15 is 0 Å². The van der Waals surface area contributed by atoms with E-state index in [1.165, 1.54) is 0 Å². The lowest BCUT2D eigenvalue weighted by molar-refractivity contribution is -0.145. The number of hydrogen-bond acceptors (Lipinski definition) is 4. The Bertz CT molecular complexity index is 304. The number of ether oxygens (including phenoxy) is 2. The molecule has 1 aromatic rings. The Morgan fingerprint density at radius 1 is 1.71 bits per heavy atom. The van der Waals surface area contributed by atoms with Gasteiger partial charge < -0.3 is 15.2 Å². The van der Waals surface area contributed by atoms with Gasteiger partial charge in [-0.15, -0.1) is 0 Å². The lowest BCUT2D eigenvalue weighted by Crippen LogP contribution is -2.35. The van der Waals surface area contributed by atoms with Crippen molar-refractivity contribution in [3.8, 4) is 0 Å². The maximum Gasteiger partial charge on any atom is 0.178 e. The number of hydrogen-bond donors (Lipinski definition) is 1. The molecule has 1 fully saturated rings. The monoisotopic (exact) mass is 194 g/mol. The van der Waals surface area contributed by atoms with E-state index in [1.54, 1.807) is 12.4 Å². The summed E-state index contributed by atoms with van der Waals surface area (Å²) in [6, 6.07) is 3.86. The summed E-state index contributed by atoms with van der Waals surface area (Å²) in [5, 5.41) is 0. The molecule has 2 unspecified atom stereocenters. The standard InChI is InChI=1S/C10H14N2O2/c1-10(7-11)13-6-9(14-10)8-3-2-4-12-5-8/h2-5,9H,6-7,11H2,1H3. The first kappa shape index (κ1) is 9.58. The van der Waals surface area contributed by atoms with Crippen molar-refractivity contribution >= 4 is 0 Å². The van der Waals surface area contributed by atoms with Crippen LogP contribution >= 0.6 is 0 Å². The van der Waals surface area contributed by atoms with Crippen LogP contribution in [0.15, 0.2) is 24.5 Å². The summed E-state index contributed by atoms with van der Waals surface area (Å²) in [5.41, 5.74) is 6.57. The van der Waals surface area contributed by atoms with Crippen LogP contribution in [0, 0.1) is 0 Å². The third-order valence-corrected chi connectivity index (χ3v) is 2.36. The molecule has 4 nitrogen and oxygen atoms in total. The summed E-state index contributed by atoms with van der Waals surface area (Å²) in [6.45, 7) is 2.76. The van der Waals surface area contributed by atoms with E-state index in [2.05, 4.69) is 4.98 Å². The Morgan fingerprint density at radius 2 is 2.57 bits per heavy atom. The smallest absolute Gasteiger partial charge is 0.178 e. The summed E-state index contributed by atoms with van der Waals surface area (Å²) in [4.78, 5) is 4.04. The van der Waals surface area contributed by atoms with Crippen molar-refractivity contribution in [2.24, 2.45) is 5.73 Å². The molecule has 0 bridgehead atoms. The van der Waals surface area contributed by atoms with Gasteiger partial charge in [0.1, 0.15) is 6.10 Å². The minimum atomic E-state index is -0.638. The summed E-state index contributed by atoms with van der Waals surface area (Å²) >= 11 is 0. The summed E-state index contributed by atoms with van der Waals surface area (Å²) in [6.07, 6.45) is 3.48. The van der Waals surface area contributed by atoms with Gasteiger partial charge in [0.2, 0.25) is 0 Å². The highest BCUT2D eigenvalue weighted by Gasteiger charge is 2.36. The van der Waals surface area contributed by atoms with Gasteiger partial charge in [0, 0.05) is 24.5 Å². The molecule has 14 heavy (non-hydrogen) atoms. The highest BCUT2D eigenvalue weighted by Crippen LogP contribution is 2.31. The lowest BCUT2D eigenvalue weighted by atomic mass is 10.2. The van der Waals surface area contributed by atoms with Gasteiger partial charge >= 0.3 is 0 Å². The minimum absolute atomic E-state index is 0.0442. The quantitative estimate of drug-likeness (QED) is 0.758. The molecule has 1 saturated heterocycles. The maximum atomic E-state index is 5.70. The zero-order valence-electron chi connectivity index (χ0n) is 8.14. The van der Waals surface area contributed by atoms with Crippen LogP contribution in [0.25, 0.3) is 0 Å². The highest BCUT2D eigenvalue weighted by molar-refractivity contribution is 5.13. The molecule has 0 aromatic carbocycles. The molecule has 2 atom stereocenters. The van der Waals surface area contributed by atoms with Gasteiger partial charge in [-0.25, -0.2) is 0 Å². The number of rotatable bonds is 2. The Labute approximate surface area is 83.0 Å². The van der Waals surface area contributed by atoms with Crippen LogP contribution in [0.2, 0.25) is 0 Å². The van der Waals surface area contributed by atoms with E-state index in [4.69, 9.17) is 15.2 Å². The molecule has 0 spiro atoms. The SMILES string of the molecule is CC1(CN)OCC(c2cccnc2)O1. The van der Waals surface area contributed by atoms with Gasteiger partial charge in [-0.3, -0.25) is 4.98 Å². The van der Waals surface area contributed by atoms with Gasteiger partial charge in [-0.2, -0.15) is 0 Å². The predicted molar refractivity (Wildman–Crippen MR) is 51.5 cm³/mol. The molecule has 1 aliphatic heterocycles. The lowest BCUT2D eigenvalue weighted by Gasteiger charge is -2.20. The fourth-order valence-corrected chi connectivity index (χ4v) is 1.46. The molecule has 2 heterocycles. The molecular weight excluding hydrogens is 180 g/mol. The van der Waals surface area contributed by atoms with Crippen molar-refractivity contribution in [3.63, 3.8) is 0 Å². The molecule has 0 aliphatic carbocycles. The summed E-state index contributed by atoms with van der Waals surface area (Å²) in [7, 11) is 0. The molecule has 1 aliphatic rings. The Kier molecular flexibility index (Phi) is 2.50. The molecular formula is C10H14N2O2. The van der Waals surface area contributed by atoms with E-state index in [0.29, 0.717) is 13.2 Å². The average molecular weight is 194 g/mol. The minimum Gasteiger partial charge on any atom is -0.346 e. The van der Waals surface area contributed by atoms with Crippen molar-refractivity contribution in [2.75, 3.05) is 13.2 Å². The first-order valence-corrected chi connectivity index (χ1v) is 4.65. The van der Waals surface area contributed by atoms with Crippen LogP contribution in [0.1, 0.15) is 18.6 Å². The van der Waals surface area contributed by atoms with Crippen molar-refractivity contribution < 1.29 is 9.47 Å². The molecule has 2 N–H and O–H groups in total. The van der Waals surface area contributed by atoms with Crippen molar-refractivity contribution in [2.45, 2.75) is 18.8 Å². The fourth-order valence-electron chi connectivity index (χ4n) is 1.46. The average Bonchev–Trinajstić information content (AvgIpc) is 2.63. The fraction of sp³-hybridized carbons (Fsp3) is 0.500. The second-order valence-corrected chi connectivity index (χ2v) is 3.54. The van der Waals surface area contributed by atoms with E-state index in [1.807, 2.05) is 19.1 Å². The second kappa shape index (κ2) is 3.65. The first-order chi connectivity index (χ1) is 6.73. The number of nitrogens with zero attached hydrogens (tertiary/aromatic N) is 1. The Morgan fingerprint density at radius 3 is 3.14 bits per heavy atom. The molecule has 76 valence electrons. The normalized spacial score (nSPS) is 32.0. The van der Waals surface area contributed by atoms with Gasteiger partial charge in [0.05, 0.1) is 6.61 Å². The third-order valence-electron chi connectivity index (χ3n) is 2.36. The van der Waals surface area contributed by atoms with Gasteiger partial charge in [0.25, 0.3) is 0 Å². The second-order valence-electron chi connectivity index (χ2n) is 3.54. The van der Waals surface area contributed by atoms with Crippen molar-refractivity contribution in [3.05, 3.63) is 30.1 Å². The molecule has 0 radical (unpaired) electrons. The highest BCUT2D eigenvalue weighted by atomic mass is 16.7. The zero-order valence-corrected chi connectivity index (χ0v) is 8.14. The number of aromatic nitrogens is 1. The van der Waals surface area contributed by atoms with Gasteiger partial charge in [-0.1, -0.05) is 6.07 Å². The largest absolute Gasteiger partial charge is 0.346 e. The third kappa shape index (κ3) is 1.77. The molecule has 1 aromatic heterocycles. The zero-order chi connectivity index (χ0) is 10.0. The summed E-state index contributed by atoms with van der Waals surface area (Å²) in [5.74, 6) is -0.638. The topological polar surface area (TPSA) is 57.4 Å². The van der Waals surface area contributed by atoms with Crippen LogP contribution < -0.4 is 5.73 Å². The summed E-state index contributed by atoms with van der Waals surface area (Å²) < 4.78 is 11.2. The molecule has 4 heteroatoms. The van der Waals surface area contributed by atoms with Crippen molar-refractivity contribution in [1.29, 1.82) is 0 Å². The Hall–Kier alpha value is -0.970. The molecule has 2 rings (SSSR count).